The summed E-state index contributed by atoms with van der Waals surface area (Å²) < 4.78 is 0. The minimum Gasteiger partial charge on any atom is -0.322 e. The van der Waals surface area contributed by atoms with E-state index >= 15 is 0 Å². The van der Waals surface area contributed by atoms with Gasteiger partial charge in [0.1, 0.15) is 6.04 Å². The van der Waals surface area contributed by atoms with Gasteiger partial charge in [0.2, 0.25) is 11.8 Å². The lowest BCUT2D eigenvalue weighted by Crippen LogP contribution is -2.52. The van der Waals surface area contributed by atoms with Crippen LogP contribution in [0.1, 0.15) is 64.7 Å². The number of carbonyl (C=O) groups excluding carboxylic acids is 3. The number of hydrogen-bond donors (Lipinski definition) is 1. The molecule has 1 saturated heterocycles. The van der Waals surface area contributed by atoms with Crippen molar-refractivity contribution in [2.75, 3.05) is 13.1 Å². The summed E-state index contributed by atoms with van der Waals surface area (Å²) in [6.45, 7) is 3.79. The van der Waals surface area contributed by atoms with E-state index in [2.05, 4.69) is 40.5 Å². The van der Waals surface area contributed by atoms with Gasteiger partial charge in [-0.15, -0.1) is 0 Å². The third-order valence-corrected chi connectivity index (χ3v) is 7.31. The molecule has 3 aliphatic heterocycles. The van der Waals surface area contributed by atoms with Gasteiger partial charge in [0.05, 0.1) is 0 Å². The van der Waals surface area contributed by atoms with Gasteiger partial charge in [-0.05, 0) is 67.0 Å². The maximum Gasteiger partial charge on any atom is 0.255 e. The maximum absolute atomic E-state index is 13.0. The van der Waals surface area contributed by atoms with E-state index in [1.54, 1.807) is 4.90 Å². The number of nitrogens with zero attached hydrogens (tertiary/aromatic N) is 2. The molecule has 1 fully saturated rings. The molecule has 1 atom stereocenters. The Morgan fingerprint density at radius 1 is 0.879 bits per heavy atom. The minimum absolute atomic E-state index is 0.0910. The molecule has 3 heterocycles. The van der Waals surface area contributed by atoms with Crippen molar-refractivity contribution in [2.45, 2.75) is 64.1 Å². The summed E-state index contributed by atoms with van der Waals surface area (Å²) in [5.74, 6) is -0.698. The molecule has 6 nitrogen and oxygen atoms in total. The molecular weight excluding hydrogens is 414 g/mol. The number of carbonyl (C=O) groups is 3. The smallest absolute Gasteiger partial charge is 0.255 e. The van der Waals surface area contributed by atoms with Crippen molar-refractivity contribution < 1.29 is 14.4 Å². The van der Waals surface area contributed by atoms with Crippen LogP contribution in [-0.4, -0.2) is 46.7 Å². The third-order valence-electron chi connectivity index (χ3n) is 7.31. The van der Waals surface area contributed by atoms with Gasteiger partial charge >= 0.3 is 0 Å². The van der Waals surface area contributed by atoms with Crippen molar-refractivity contribution >= 4 is 17.7 Å². The Kier molecular flexibility index (Phi) is 6.27. The average molecular weight is 446 g/mol. The molecule has 2 aromatic rings. The quantitative estimate of drug-likeness (QED) is 0.525. The lowest BCUT2D eigenvalue weighted by Gasteiger charge is -2.29. The highest BCUT2D eigenvalue weighted by Gasteiger charge is 2.39. The number of hydrogen-bond acceptors (Lipinski definition) is 4. The summed E-state index contributed by atoms with van der Waals surface area (Å²) >= 11 is 0. The van der Waals surface area contributed by atoms with Crippen LogP contribution in [0.15, 0.2) is 42.5 Å². The van der Waals surface area contributed by atoms with Crippen LogP contribution in [0.4, 0.5) is 0 Å². The number of nitrogens with one attached hydrogen (secondary N) is 1. The number of aryl methyl sites for hydroxylation is 1. The van der Waals surface area contributed by atoms with Gasteiger partial charge in [-0.2, -0.15) is 0 Å². The first kappa shape index (κ1) is 21.8. The van der Waals surface area contributed by atoms with Crippen LogP contribution in [0.3, 0.4) is 0 Å². The molecule has 5 rings (SSSR count). The highest BCUT2D eigenvalue weighted by atomic mass is 16.2. The highest BCUT2D eigenvalue weighted by molar-refractivity contribution is 6.05. The topological polar surface area (TPSA) is 69.7 Å². The Bertz CT molecular complexity index is 1080. The van der Waals surface area contributed by atoms with Crippen LogP contribution in [-0.2, 0) is 35.5 Å². The monoisotopic (exact) mass is 445 g/mol. The van der Waals surface area contributed by atoms with Crippen LogP contribution >= 0.6 is 0 Å². The minimum atomic E-state index is -0.551. The van der Waals surface area contributed by atoms with Gasteiger partial charge in [0.15, 0.2) is 0 Å². The van der Waals surface area contributed by atoms with E-state index in [4.69, 9.17) is 0 Å². The first-order chi connectivity index (χ1) is 16.1. The lowest BCUT2D eigenvalue weighted by molar-refractivity contribution is -0.136. The van der Waals surface area contributed by atoms with Crippen LogP contribution in [0.5, 0.6) is 0 Å². The van der Waals surface area contributed by atoms with E-state index in [-0.39, 0.29) is 24.1 Å². The van der Waals surface area contributed by atoms with Crippen LogP contribution in [0.2, 0.25) is 0 Å². The predicted molar refractivity (Wildman–Crippen MR) is 125 cm³/mol. The zero-order chi connectivity index (χ0) is 22.8. The molecule has 0 radical (unpaired) electrons. The summed E-state index contributed by atoms with van der Waals surface area (Å²) in [7, 11) is 0. The van der Waals surface area contributed by atoms with E-state index < -0.39 is 6.04 Å². The van der Waals surface area contributed by atoms with E-state index in [1.807, 2.05) is 12.1 Å². The van der Waals surface area contributed by atoms with Gasteiger partial charge in [0, 0.05) is 31.6 Å². The van der Waals surface area contributed by atoms with Gasteiger partial charge < -0.3 is 4.90 Å². The SMILES string of the molecule is O=C1CCC(N2Cc3c(CCCCCN4CCc5ccccc5C4)cccc3C2=O)C(=O)N1. The Morgan fingerprint density at radius 2 is 1.73 bits per heavy atom. The molecule has 0 aliphatic carbocycles. The Labute approximate surface area is 194 Å². The number of rotatable bonds is 7. The van der Waals surface area contributed by atoms with E-state index in [0.717, 1.165) is 50.9 Å². The van der Waals surface area contributed by atoms with E-state index in [0.29, 0.717) is 18.5 Å². The number of amides is 3. The van der Waals surface area contributed by atoms with Gasteiger partial charge in [-0.25, -0.2) is 0 Å². The summed E-state index contributed by atoms with van der Waals surface area (Å²) in [5.41, 5.74) is 5.94. The second-order valence-corrected chi connectivity index (χ2v) is 9.45. The Balaban J connectivity index is 1.13. The summed E-state index contributed by atoms with van der Waals surface area (Å²) in [6, 6.07) is 14.1. The summed E-state index contributed by atoms with van der Waals surface area (Å²) in [5, 5.41) is 2.37. The number of fused-ring (bicyclic) bond motifs is 2. The maximum atomic E-state index is 13.0. The first-order valence-corrected chi connectivity index (χ1v) is 12.1. The molecule has 2 aromatic carbocycles. The van der Waals surface area contributed by atoms with Crippen molar-refractivity contribution in [3.63, 3.8) is 0 Å². The number of piperidine rings is 1. The second-order valence-electron chi connectivity index (χ2n) is 9.45. The molecule has 3 aliphatic rings. The normalized spacial score (nSPS) is 20.5. The van der Waals surface area contributed by atoms with E-state index in [9.17, 15) is 14.4 Å². The second kappa shape index (κ2) is 9.48. The third kappa shape index (κ3) is 4.58. The molecule has 1 N–H and O–H groups in total. The number of benzene rings is 2. The zero-order valence-corrected chi connectivity index (χ0v) is 19.0. The fourth-order valence-corrected chi connectivity index (χ4v) is 5.46. The molecule has 0 saturated carbocycles. The standard InChI is InChI=1S/C27H31N3O3/c31-25-13-12-24(26(32)28-25)30-18-23-20(10-6-11-22(23)27(30)33)8-2-1-5-15-29-16-14-19-7-3-4-9-21(19)17-29/h3-4,6-7,9-11,24H,1-2,5,8,12-18H2,(H,28,31,32). The molecular formula is C27H31N3O3. The van der Waals surface area contributed by atoms with E-state index in [1.165, 1.54) is 23.1 Å². The van der Waals surface area contributed by atoms with Gasteiger partial charge in [0.25, 0.3) is 5.91 Å². The largest absolute Gasteiger partial charge is 0.322 e. The number of unbranched alkanes of at least 4 members (excludes halogenated alkanes) is 2. The molecule has 1 unspecified atom stereocenters. The van der Waals surface area contributed by atoms with Gasteiger partial charge in [-0.3, -0.25) is 24.6 Å². The molecule has 0 spiro atoms. The molecule has 33 heavy (non-hydrogen) atoms. The molecule has 172 valence electrons. The van der Waals surface area contributed by atoms with Crippen molar-refractivity contribution in [2.24, 2.45) is 0 Å². The molecule has 0 bridgehead atoms. The van der Waals surface area contributed by atoms with Crippen molar-refractivity contribution in [1.29, 1.82) is 0 Å². The fourth-order valence-electron chi connectivity index (χ4n) is 5.46. The average Bonchev–Trinajstić information content (AvgIpc) is 3.16. The zero-order valence-electron chi connectivity index (χ0n) is 19.0. The van der Waals surface area contributed by atoms with Crippen LogP contribution in [0, 0.1) is 0 Å². The van der Waals surface area contributed by atoms with Crippen molar-refractivity contribution in [1.82, 2.24) is 15.1 Å². The number of imide groups is 1. The summed E-state index contributed by atoms with van der Waals surface area (Å²) in [6.07, 6.45) is 6.21. The molecule has 0 aromatic heterocycles. The van der Waals surface area contributed by atoms with Crippen molar-refractivity contribution in [3.05, 3.63) is 70.3 Å². The van der Waals surface area contributed by atoms with Crippen LogP contribution in [0.25, 0.3) is 0 Å². The van der Waals surface area contributed by atoms with Crippen molar-refractivity contribution in [3.8, 4) is 0 Å². The predicted octanol–water partition coefficient (Wildman–Crippen LogP) is 3.22. The Morgan fingerprint density at radius 3 is 2.58 bits per heavy atom. The Hall–Kier alpha value is -2.99. The highest BCUT2D eigenvalue weighted by Crippen LogP contribution is 2.30. The van der Waals surface area contributed by atoms with Crippen LogP contribution < -0.4 is 5.32 Å². The first-order valence-electron chi connectivity index (χ1n) is 12.1. The molecule has 3 amide bonds. The lowest BCUT2D eigenvalue weighted by atomic mass is 9.98. The van der Waals surface area contributed by atoms with Gasteiger partial charge in [-0.1, -0.05) is 42.8 Å². The fraction of sp³-hybridized carbons (Fsp3) is 0.444. The summed E-state index contributed by atoms with van der Waals surface area (Å²) in [4.78, 5) is 40.9. The molecule has 6 heteroatoms.